The van der Waals surface area contributed by atoms with E-state index in [1.165, 1.54) is 11.8 Å². The van der Waals surface area contributed by atoms with Gasteiger partial charge in [-0.2, -0.15) is 0 Å². The Labute approximate surface area is 183 Å². The van der Waals surface area contributed by atoms with E-state index in [1.807, 2.05) is 42.5 Å². The second-order valence-corrected chi connectivity index (χ2v) is 8.51. The van der Waals surface area contributed by atoms with E-state index in [4.69, 9.17) is 0 Å². The van der Waals surface area contributed by atoms with Crippen LogP contribution in [0, 0.1) is 0 Å². The highest BCUT2D eigenvalue weighted by atomic mass is 16.2. The molecule has 2 aromatic carbocycles. The number of likely N-dealkylation sites (tertiary alicyclic amines) is 1. The average Bonchev–Trinajstić information content (AvgIpc) is 3.03. The molecule has 2 fully saturated rings. The molecule has 160 valence electrons. The average molecular weight is 417 g/mol. The van der Waals surface area contributed by atoms with Crippen molar-refractivity contribution in [2.45, 2.75) is 57.0 Å². The first-order valence-electron chi connectivity index (χ1n) is 11.0. The Bertz CT molecular complexity index is 991. The summed E-state index contributed by atoms with van der Waals surface area (Å²) in [6, 6.07) is 16.8. The van der Waals surface area contributed by atoms with Gasteiger partial charge in [0.25, 0.3) is 5.91 Å². The van der Waals surface area contributed by atoms with Gasteiger partial charge in [0, 0.05) is 17.3 Å². The van der Waals surface area contributed by atoms with Gasteiger partial charge in [0.15, 0.2) is 5.78 Å². The Morgan fingerprint density at radius 2 is 1.68 bits per heavy atom. The van der Waals surface area contributed by atoms with Crippen molar-refractivity contribution in [2.75, 3.05) is 5.32 Å². The largest absolute Gasteiger partial charge is 0.368 e. The predicted molar refractivity (Wildman–Crippen MR) is 122 cm³/mol. The van der Waals surface area contributed by atoms with Gasteiger partial charge in [0.05, 0.1) is 6.42 Å². The van der Waals surface area contributed by atoms with Crippen molar-refractivity contribution in [1.82, 2.24) is 4.90 Å². The van der Waals surface area contributed by atoms with Crippen molar-refractivity contribution in [3.8, 4) is 0 Å². The molecule has 2 aromatic rings. The molecule has 5 heteroatoms. The molecule has 0 spiro atoms. The van der Waals surface area contributed by atoms with Crippen LogP contribution >= 0.6 is 0 Å². The van der Waals surface area contributed by atoms with Gasteiger partial charge in [-0.05, 0) is 55.7 Å². The van der Waals surface area contributed by atoms with Crippen molar-refractivity contribution in [1.29, 1.82) is 0 Å². The molecule has 1 heterocycles. The smallest absolute Gasteiger partial charge is 0.259 e. The molecule has 31 heavy (non-hydrogen) atoms. The van der Waals surface area contributed by atoms with E-state index >= 15 is 0 Å². The first kappa shape index (κ1) is 21.0. The van der Waals surface area contributed by atoms with Crippen LogP contribution in [-0.2, 0) is 9.59 Å². The molecule has 1 aliphatic carbocycles. The predicted octanol–water partition coefficient (Wildman–Crippen LogP) is 4.84. The highest BCUT2D eigenvalue weighted by Gasteiger charge is 2.52. The summed E-state index contributed by atoms with van der Waals surface area (Å²) >= 11 is 0. The molecular weight excluding hydrogens is 388 g/mol. The normalized spacial score (nSPS) is 22.3. The Balaban J connectivity index is 1.67. The van der Waals surface area contributed by atoms with Gasteiger partial charge in [-0.15, -0.1) is 0 Å². The molecular formula is C26H28N2O3. The van der Waals surface area contributed by atoms with Crippen molar-refractivity contribution >= 4 is 29.4 Å². The first-order valence-corrected chi connectivity index (χ1v) is 11.0. The Morgan fingerprint density at radius 1 is 1.00 bits per heavy atom. The summed E-state index contributed by atoms with van der Waals surface area (Å²) < 4.78 is 0. The second-order valence-electron chi connectivity index (χ2n) is 8.51. The Kier molecular flexibility index (Phi) is 6.03. The molecule has 1 N–H and O–H groups in total. The number of rotatable bonds is 6. The van der Waals surface area contributed by atoms with Crippen molar-refractivity contribution in [3.63, 3.8) is 0 Å². The highest BCUT2D eigenvalue weighted by molar-refractivity contribution is 6.12. The van der Waals surface area contributed by atoms with Crippen molar-refractivity contribution in [3.05, 3.63) is 71.8 Å². The van der Waals surface area contributed by atoms with Crippen LogP contribution in [0.3, 0.4) is 0 Å². The summed E-state index contributed by atoms with van der Waals surface area (Å²) in [5, 5.41) is 3.33. The number of anilines is 1. The van der Waals surface area contributed by atoms with Gasteiger partial charge in [0.2, 0.25) is 5.91 Å². The van der Waals surface area contributed by atoms with Crippen LogP contribution in [0.15, 0.2) is 60.7 Å². The number of nitrogens with zero attached hydrogens (tertiary/aromatic N) is 1. The summed E-state index contributed by atoms with van der Waals surface area (Å²) in [4.78, 5) is 39.8. The van der Waals surface area contributed by atoms with Gasteiger partial charge in [-0.1, -0.05) is 55.7 Å². The van der Waals surface area contributed by atoms with Crippen LogP contribution in [0.4, 0.5) is 5.69 Å². The minimum Gasteiger partial charge on any atom is -0.368 e. The van der Waals surface area contributed by atoms with Gasteiger partial charge >= 0.3 is 0 Å². The summed E-state index contributed by atoms with van der Waals surface area (Å²) in [5.74, 6) is -0.324. The lowest BCUT2D eigenvalue weighted by molar-refractivity contribution is -0.142. The summed E-state index contributed by atoms with van der Waals surface area (Å²) in [6.45, 7) is 1.52. The van der Waals surface area contributed by atoms with Crippen LogP contribution < -0.4 is 5.32 Å². The topological polar surface area (TPSA) is 66.5 Å². The zero-order valence-electron chi connectivity index (χ0n) is 17.8. The summed E-state index contributed by atoms with van der Waals surface area (Å²) in [6.07, 6.45) is 8.82. The van der Waals surface area contributed by atoms with Crippen LogP contribution in [0.1, 0.15) is 61.4 Å². The second kappa shape index (κ2) is 8.88. The lowest BCUT2D eigenvalue weighted by atomic mass is 9.93. The van der Waals surface area contributed by atoms with E-state index in [2.05, 4.69) is 5.32 Å². The lowest BCUT2D eigenvalue weighted by Crippen LogP contribution is -2.48. The fraction of sp³-hybridized carbons (Fsp3) is 0.346. The van der Waals surface area contributed by atoms with Crippen LogP contribution in [-0.4, -0.2) is 34.1 Å². The number of benzene rings is 2. The maximum absolute atomic E-state index is 13.7. The molecule has 4 rings (SSSR count). The third kappa shape index (κ3) is 4.46. The number of ketones is 1. The van der Waals surface area contributed by atoms with Crippen molar-refractivity contribution in [2.24, 2.45) is 0 Å². The summed E-state index contributed by atoms with van der Waals surface area (Å²) in [7, 11) is 0. The number of nitrogens with one attached hydrogen (secondary N) is 1. The van der Waals surface area contributed by atoms with Crippen LogP contribution in [0.25, 0.3) is 6.08 Å². The van der Waals surface area contributed by atoms with Gasteiger partial charge < -0.3 is 5.32 Å². The maximum atomic E-state index is 13.7. The Hall–Kier alpha value is -3.21. The molecule has 5 nitrogen and oxygen atoms in total. The molecule has 0 unspecified atom stereocenters. The number of Topliss-reactive ketones (excluding diaryl/α,β-unsaturated/α-hetero) is 1. The molecule has 1 aliphatic heterocycles. The Morgan fingerprint density at radius 3 is 2.32 bits per heavy atom. The summed E-state index contributed by atoms with van der Waals surface area (Å²) in [5.41, 5.74) is 1.14. The number of imide groups is 1. The molecule has 1 atom stereocenters. The molecule has 1 saturated heterocycles. The minimum atomic E-state index is -1.14. The zero-order valence-corrected chi connectivity index (χ0v) is 17.8. The van der Waals surface area contributed by atoms with E-state index in [-0.39, 0.29) is 30.1 Å². The molecule has 0 bridgehead atoms. The standard InChI is InChI=1S/C26H28N2O3/c1-19(29)21-12-14-22(15-13-21)27-26(17-16-20-8-4-2-5-9-20)18-24(30)28(25(26)31)23-10-6-3-7-11-23/h2,4-5,8-9,12-17,23,27H,3,6-7,10-11,18H2,1H3/b17-16-/t26-/m1/s1. The SMILES string of the molecule is CC(=O)c1ccc(N[C@]2(/C=C\c3ccccc3)CC(=O)N(C3CCCCC3)C2=O)cc1. The number of carbonyl (C=O) groups excluding carboxylic acids is 3. The molecule has 2 aliphatic rings. The fourth-order valence-electron chi connectivity index (χ4n) is 4.55. The third-order valence-electron chi connectivity index (χ3n) is 6.26. The third-order valence-corrected chi connectivity index (χ3v) is 6.26. The fourth-order valence-corrected chi connectivity index (χ4v) is 4.55. The number of amides is 2. The number of hydrogen-bond donors (Lipinski definition) is 1. The molecule has 2 amide bonds. The van der Waals surface area contributed by atoms with Crippen LogP contribution in [0.5, 0.6) is 0 Å². The van der Waals surface area contributed by atoms with E-state index in [0.29, 0.717) is 11.3 Å². The van der Waals surface area contributed by atoms with Gasteiger partial charge in [0.1, 0.15) is 5.54 Å². The lowest BCUT2D eigenvalue weighted by Gasteiger charge is -2.32. The van der Waals surface area contributed by atoms with Gasteiger partial charge in [-0.25, -0.2) is 0 Å². The quantitative estimate of drug-likeness (QED) is 0.540. The molecule has 0 aromatic heterocycles. The van der Waals surface area contributed by atoms with Gasteiger partial charge in [-0.3, -0.25) is 19.3 Å². The van der Waals surface area contributed by atoms with Crippen molar-refractivity contribution < 1.29 is 14.4 Å². The van der Waals surface area contributed by atoms with Crippen LogP contribution in [0.2, 0.25) is 0 Å². The van der Waals surface area contributed by atoms with E-state index in [9.17, 15) is 14.4 Å². The molecule has 0 radical (unpaired) electrons. The first-order chi connectivity index (χ1) is 15.0. The highest BCUT2D eigenvalue weighted by Crippen LogP contribution is 2.35. The van der Waals surface area contributed by atoms with E-state index < -0.39 is 5.54 Å². The van der Waals surface area contributed by atoms with E-state index in [0.717, 1.165) is 37.7 Å². The monoisotopic (exact) mass is 416 g/mol. The zero-order chi connectivity index (χ0) is 21.8. The minimum absolute atomic E-state index is 0.0114. The van der Waals surface area contributed by atoms with E-state index in [1.54, 1.807) is 24.3 Å². The number of carbonyl (C=O) groups is 3. The maximum Gasteiger partial charge on any atom is 0.259 e. The number of hydrogen-bond acceptors (Lipinski definition) is 4. The molecule has 1 saturated carbocycles.